The van der Waals surface area contributed by atoms with E-state index < -0.39 is 0 Å². The predicted molar refractivity (Wildman–Crippen MR) is 102 cm³/mol. The van der Waals surface area contributed by atoms with E-state index >= 15 is 0 Å². The maximum atomic E-state index is 14.7. The van der Waals surface area contributed by atoms with Crippen molar-refractivity contribution in [2.45, 2.75) is 64.7 Å². The van der Waals surface area contributed by atoms with Gasteiger partial charge in [-0.05, 0) is 73.8 Å². The van der Waals surface area contributed by atoms with Crippen molar-refractivity contribution in [3.8, 4) is 0 Å². The number of rotatable bonds is 5. The van der Waals surface area contributed by atoms with Crippen molar-refractivity contribution in [1.29, 1.82) is 0 Å². The Morgan fingerprint density at radius 2 is 1.88 bits per heavy atom. The zero-order valence-electron chi connectivity index (χ0n) is 15.0. The smallest absolute Gasteiger partial charge is 0.134 e. The molecule has 1 heteroatoms. The Morgan fingerprint density at radius 3 is 2.58 bits per heavy atom. The molecule has 0 N–H and O–H groups in total. The molecule has 1 fully saturated rings. The van der Waals surface area contributed by atoms with Gasteiger partial charge < -0.3 is 0 Å². The Morgan fingerprint density at radius 1 is 1.08 bits per heavy atom. The molecule has 0 radical (unpaired) electrons. The van der Waals surface area contributed by atoms with E-state index in [1.807, 2.05) is 25.1 Å². The molecule has 0 unspecified atom stereocenters. The lowest BCUT2D eigenvalue weighted by Crippen LogP contribution is -2.12. The van der Waals surface area contributed by atoms with Crippen molar-refractivity contribution >= 4 is 10.8 Å². The summed E-state index contributed by atoms with van der Waals surface area (Å²) in [7, 11) is 0. The van der Waals surface area contributed by atoms with Crippen molar-refractivity contribution in [2.24, 2.45) is 5.92 Å². The van der Waals surface area contributed by atoms with E-state index in [1.165, 1.54) is 37.7 Å². The number of halogens is 1. The molecule has 1 saturated carbocycles. The quantitative estimate of drug-likeness (QED) is 0.511. The van der Waals surface area contributed by atoms with E-state index in [0.717, 1.165) is 35.1 Å². The van der Waals surface area contributed by atoms with Gasteiger partial charge in [-0.25, -0.2) is 4.39 Å². The molecule has 0 nitrogen and oxygen atoms in total. The van der Waals surface area contributed by atoms with Gasteiger partial charge in [0, 0.05) is 5.39 Å². The fraction of sp³-hybridized carbons (Fsp3) is 0.478. The molecule has 0 amide bonds. The van der Waals surface area contributed by atoms with Gasteiger partial charge in [0.25, 0.3) is 0 Å². The van der Waals surface area contributed by atoms with Crippen molar-refractivity contribution in [3.05, 3.63) is 59.4 Å². The molecule has 2 aromatic rings. The maximum Gasteiger partial charge on any atom is 0.134 e. The standard InChI is InChI=1S/C23H29F/c1-3-5-6-7-19-12-13-21-16-20(14-15-22(21)23(19)24)18-10-8-17(4-2)9-11-18/h3,5,12-18H,4,6-11H2,1-2H3/b5-3+. The highest BCUT2D eigenvalue weighted by Crippen LogP contribution is 2.38. The number of benzene rings is 2. The van der Waals surface area contributed by atoms with E-state index in [9.17, 15) is 4.39 Å². The van der Waals surface area contributed by atoms with E-state index in [2.05, 4.69) is 31.2 Å². The highest BCUT2D eigenvalue weighted by atomic mass is 19.1. The summed E-state index contributed by atoms with van der Waals surface area (Å²) in [5.74, 6) is 1.55. The fourth-order valence-corrected chi connectivity index (χ4v) is 4.11. The Hall–Kier alpha value is -1.63. The molecule has 1 aliphatic rings. The van der Waals surface area contributed by atoms with E-state index in [-0.39, 0.29) is 5.82 Å². The molecule has 2 aromatic carbocycles. The second-order valence-corrected chi connectivity index (χ2v) is 7.25. The summed E-state index contributed by atoms with van der Waals surface area (Å²) < 4.78 is 14.7. The first-order valence-corrected chi connectivity index (χ1v) is 9.55. The van der Waals surface area contributed by atoms with Crippen LogP contribution in [0.5, 0.6) is 0 Å². The second kappa shape index (κ2) is 7.96. The number of aryl methyl sites for hydroxylation is 1. The summed E-state index contributed by atoms with van der Waals surface area (Å²) in [5, 5.41) is 1.83. The SMILES string of the molecule is C/C=C/CCc1ccc2cc(C3CCC(CC)CC3)ccc2c1F. The summed E-state index contributed by atoms with van der Waals surface area (Å²) in [6.45, 7) is 4.31. The first-order chi connectivity index (χ1) is 11.7. The van der Waals surface area contributed by atoms with Crippen molar-refractivity contribution in [3.63, 3.8) is 0 Å². The van der Waals surface area contributed by atoms with Crippen molar-refractivity contribution < 1.29 is 4.39 Å². The minimum Gasteiger partial charge on any atom is -0.206 e. The van der Waals surface area contributed by atoms with Gasteiger partial charge in [0.05, 0.1) is 0 Å². The van der Waals surface area contributed by atoms with Gasteiger partial charge in [-0.1, -0.05) is 55.8 Å². The van der Waals surface area contributed by atoms with Gasteiger partial charge in [0.1, 0.15) is 5.82 Å². The second-order valence-electron chi connectivity index (χ2n) is 7.25. The van der Waals surface area contributed by atoms with Gasteiger partial charge in [-0.2, -0.15) is 0 Å². The molecule has 0 bridgehead atoms. The van der Waals surface area contributed by atoms with E-state index in [0.29, 0.717) is 5.92 Å². The summed E-state index contributed by atoms with van der Waals surface area (Å²) in [6, 6.07) is 10.5. The fourth-order valence-electron chi connectivity index (χ4n) is 4.11. The third-order valence-electron chi connectivity index (χ3n) is 5.77. The van der Waals surface area contributed by atoms with Crippen LogP contribution >= 0.6 is 0 Å². The molecule has 0 saturated heterocycles. The average molecular weight is 324 g/mol. The highest BCUT2D eigenvalue weighted by molar-refractivity contribution is 5.84. The Kier molecular flexibility index (Phi) is 5.71. The number of hydrogen-bond donors (Lipinski definition) is 0. The van der Waals surface area contributed by atoms with Crippen LogP contribution in [-0.2, 0) is 6.42 Å². The van der Waals surface area contributed by atoms with Crippen LogP contribution in [0.1, 0.15) is 69.4 Å². The van der Waals surface area contributed by atoms with Crippen molar-refractivity contribution in [2.75, 3.05) is 0 Å². The predicted octanol–water partition coefficient (Wildman–Crippen LogP) is 7.17. The Labute approximate surface area is 145 Å². The minimum atomic E-state index is -0.0294. The number of hydrogen-bond acceptors (Lipinski definition) is 0. The zero-order chi connectivity index (χ0) is 16.9. The number of allylic oxidation sites excluding steroid dienone is 2. The van der Waals surface area contributed by atoms with Gasteiger partial charge in [-0.15, -0.1) is 0 Å². The minimum absolute atomic E-state index is 0.0294. The topological polar surface area (TPSA) is 0 Å². The van der Waals surface area contributed by atoms with Crippen LogP contribution < -0.4 is 0 Å². The Balaban J connectivity index is 1.80. The molecule has 3 rings (SSSR count). The molecule has 0 spiro atoms. The molecule has 0 atom stereocenters. The zero-order valence-corrected chi connectivity index (χ0v) is 15.0. The third kappa shape index (κ3) is 3.71. The molecule has 128 valence electrons. The molecule has 0 aromatic heterocycles. The average Bonchev–Trinajstić information content (AvgIpc) is 2.63. The Bertz CT molecular complexity index is 705. The first kappa shape index (κ1) is 17.2. The molecular weight excluding hydrogens is 295 g/mol. The molecule has 1 aliphatic carbocycles. The van der Waals surface area contributed by atoms with Crippen LogP contribution in [0.2, 0.25) is 0 Å². The summed E-state index contributed by atoms with van der Waals surface area (Å²) >= 11 is 0. The lowest BCUT2D eigenvalue weighted by molar-refractivity contribution is 0.319. The summed E-state index contributed by atoms with van der Waals surface area (Å²) in [4.78, 5) is 0. The molecular formula is C23H29F. The normalized spacial score (nSPS) is 21.6. The summed E-state index contributed by atoms with van der Waals surface area (Å²) in [6.07, 6.45) is 12.4. The number of fused-ring (bicyclic) bond motifs is 1. The van der Waals surface area contributed by atoms with Crippen LogP contribution in [0.4, 0.5) is 4.39 Å². The van der Waals surface area contributed by atoms with Gasteiger partial charge in [-0.3, -0.25) is 0 Å². The van der Waals surface area contributed by atoms with Gasteiger partial charge in [0.2, 0.25) is 0 Å². The largest absolute Gasteiger partial charge is 0.206 e. The van der Waals surface area contributed by atoms with Gasteiger partial charge >= 0.3 is 0 Å². The lowest BCUT2D eigenvalue weighted by Gasteiger charge is -2.28. The lowest BCUT2D eigenvalue weighted by atomic mass is 9.77. The molecule has 24 heavy (non-hydrogen) atoms. The van der Waals surface area contributed by atoms with E-state index in [1.54, 1.807) is 0 Å². The van der Waals surface area contributed by atoms with Crippen LogP contribution in [0.3, 0.4) is 0 Å². The summed E-state index contributed by atoms with van der Waals surface area (Å²) in [5.41, 5.74) is 2.23. The first-order valence-electron chi connectivity index (χ1n) is 9.55. The molecule has 0 aliphatic heterocycles. The van der Waals surface area contributed by atoms with Crippen LogP contribution in [-0.4, -0.2) is 0 Å². The van der Waals surface area contributed by atoms with Crippen LogP contribution in [0, 0.1) is 11.7 Å². The van der Waals surface area contributed by atoms with E-state index in [4.69, 9.17) is 0 Å². The van der Waals surface area contributed by atoms with Crippen LogP contribution in [0.15, 0.2) is 42.5 Å². The van der Waals surface area contributed by atoms with Crippen molar-refractivity contribution in [1.82, 2.24) is 0 Å². The van der Waals surface area contributed by atoms with Crippen LogP contribution in [0.25, 0.3) is 10.8 Å². The highest BCUT2D eigenvalue weighted by Gasteiger charge is 2.21. The van der Waals surface area contributed by atoms with Gasteiger partial charge in [0.15, 0.2) is 0 Å². The third-order valence-corrected chi connectivity index (χ3v) is 5.77. The molecule has 0 heterocycles. The maximum absolute atomic E-state index is 14.7. The monoisotopic (exact) mass is 324 g/mol.